The highest BCUT2D eigenvalue weighted by Crippen LogP contribution is 2.60. The van der Waals surface area contributed by atoms with Gasteiger partial charge in [0.15, 0.2) is 0 Å². The maximum absolute atomic E-state index is 11.6. The average molecular weight is 210 g/mol. The van der Waals surface area contributed by atoms with Crippen LogP contribution in [0.4, 0.5) is 0 Å². The molecule has 86 valence electrons. The number of rotatable bonds is 4. The van der Waals surface area contributed by atoms with Crippen molar-refractivity contribution in [3.8, 4) is 0 Å². The van der Waals surface area contributed by atoms with Gasteiger partial charge >= 0.3 is 5.97 Å². The fourth-order valence-electron chi connectivity index (χ4n) is 4.14. The molecule has 0 heterocycles. The number of carboxylic acids is 1. The molecule has 2 heteroatoms. The smallest absolute Gasteiger partial charge is 0.310 e. The molecule has 0 aliphatic heterocycles. The minimum atomic E-state index is -0.518. The molecule has 2 aliphatic carbocycles. The maximum atomic E-state index is 11.6. The van der Waals surface area contributed by atoms with Gasteiger partial charge in [0.1, 0.15) is 0 Å². The molecule has 0 aromatic carbocycles. The van der Waals surface area contributed by atoms with Crippen LogP contribution in [-0.2, 0) is 4.79 Å². The Hall–Kier alpha value is -0.530. The number of aliphatic carboxylic acids is 1. The quantitative estimate of drug-likeness (QED) is 0.773. The summed E-state index contributed by atoms with van der Waals surface area (Å²) in [5.74, 6) is 1.03. The number of carboxylic acid groups (broad SMARTS) is 1. The third kappa shape index (κ3) is 1.49. The first-order valence-electron chi connectivity index (χ1n) is 6.34. The molecule has 0 aromatic heterocycles. The van der Waals surface area contributed by atoms with E-state index < -0.39 is 5.97 Å². The van der Waals surface area contributed by atoms with E-state index in [9.17, 15) is 9.90 Å². The molecule has 2 fully saturated rings. The molecule has 2 bridgehead atoms. The Morgan fingerprint density at radius 1 is 1.53 bits per heavy atom. The number of carbonyl (C=O) groups is 1. The largest absolute Gasteiger partial charge is 0.481 e. The van der Waals surface area contributed by atoms with Gasteiger partial charge in [0.25, 0.3) is 0 Å². The molecule has 1 N–H and O–H groups in total. The molecule has 0 amide bonds. The van der Waals surface area contributed by atoms with Crippen molar-refractivity contribution in [3.05, 3.63) is 0 Å². The fraction of sp³-hybridized carbons (Fsp3) is 0.923. The van der Waals surface area contributed by atoms with E-state index in [0.29, 0.717) is 17.8 Å². The Kier molecular flexibility index (Phi) is 2.78. The summed E-state index contributed by atoms with van der Waals surface area (Å²) in [6.07, 6.45) is 6.74. The molecular formula is C13H22O2. The molecule has 4 atom stereocenters. The predicted molar refractivity (Wildman–Crippen MR) is 59.6 cm³/mol. The zero-order valence-corrected chi connectivity index (χ0v) is 9.83. The van der Waals surface area contributed by atoms with Gasteiger partial charge in [-0.1, -0.05) is 26.7 Å². The molecule has 2 aliphatic rings. The van der Waals surface area contributed by atoms with Crippen LogP contribution in [0.1, 0.15) is 52.4 Å². The summed E-state index contributed by atoms with van der Waals surface area (Å²) in [5.41, 5.74) is -0.362. The molecule has 0 radical (unpaired) electrons. The van der Waals surface area contributed by atoms with Gasteiger partial charge in [0, 0.05) is 0 Å². The lowest BCUT2D eigenvalue weighted by Crippen LogP contribution is -2.42. The third-order valence-electron chi connectivity index (χ3n) is 4.90. The van der Waals surface area contributed by atoms with E-state index in [1.54, 1.807) is 0 Å². The highest BCUT2D eigenvalue weighted by molar-refractivity contribution is 5.76. The Bertz CT molecular complexity index is 261. The molecule has 2 saturated carbocycles. The summed E-state index contributed by atoms with van der Waals surface area (Å²) < 4.78 is 0. The van der Waals surface area contributed by atoms with E-state index in [-0.39, 0.29) is 5.41 Å². The molecule has 2 nitrogen and oxygen atoms in total. The molecule has 0 saturated heterocycles. The van der Waals surface area contributed by atoms with Crippen LogP contribution in [0, 0.1) is 23.2 Å². The summed E-state index contributed by atoms with van der Waals surface area (Å²) in [7, 11) is 0. The summed E-state index contributed by atoms with van der Waals surface area (Å²) in [4.78, 5) is 11.6. The first-order valence-corrected chi connectivity index (χ1v) is 6.34. The van der Waals surface area contributed by atoms with Crippen LogP contribution >= 0.6 is 0 Å². The van der Waals surface area contributed by atoms with Crippen molar-refractivity contribution >= 4 is 5.97 Å². The van der Waals surface area contributed by atoms with E-state index in [1.165, 1.54) is 12.8 Å². The van der Waals surface area contributed by atoms with Crippen LogP contribution in [0.15, 0.2) is 0 Å². The van der Waals surface area contributed by atoms with Crippen LogP contribution in [-0.4, -0.2) is 11.1 Å². The standard InChI is InChI=1S/C13H22O2/c1-3-4-9(2)13(12(14)15)8-10-5-6-11(13)7-10/h9-11H,3-8H2,1-2H3,(H,14,15). The predicted octanol–water partition coefficient (Wildman–Crippen LogP) is 3.31. The summed E-state index contributed by atoms with van der Waals surface area (Å²) in [6.45, 7) is 4.30. The number of fused-ring (bicyclic) bond motifs is 2. The third-order valence-corrected chi connectivity index (χ3v) is 4.90. The van der Waals surface area contributed by atoms with E-state index in [4.69, 9.17) is 0 Å². The Balaban J connectivity index is 2.22. The lowest BCUT2D eigenvalue weighted by Gasteiger charge is -2.39. The molecule has 2 rings (SSSR count). The normalized spacial score (nSPS) is 40.7. The van der Waals surface area contributed by atoms with Crippen molar-refractivity contribution in [2.75, 3.05) is 0 Å². The minimum absolute atomic E-state index is 0.357. The monoisotopic (exact) mass is 210 g/mol. The fourth-order valence-corrected chi connectivity index (χ4v) is 4.14. The molecular weight excluding hydrogens is 188 g/mol. The van der Waals surface area contributed by atoms with E-state index in [0.717, 1.165) is 25.7 Å². The van der Waals surface area contributed by atoms with Gasteiger partial charge in [-0.2, -0.15) is 0 Å². The van der Waals surface area contributed by atoms with Crippen LogP contribution in [0.3, 0.4) is 0 Å². The molecule has 0 spiro atoms. The Labute approximate surface area is 92.1 Å². The van der Waals surface area contributed by atoms with Crippen LogP contribution in [0.25, 0.3) is 0 Å². The van der Waals surface area contributed by atoms with Crippen LogP contribution in [0.5, 0.6) is 0 Å². The highest BCUT2D eigenvalue weighted by atomic mass is 16.4. The number of hydrogen-bond donors (Lipinski definition) is 1. The van der Waals surface area contributed by atoms with Gasteiger partial charge in [-0.3, -0.25) is 4.79 Å². The second-order valence-corrected chi connectivity index (χ2v) is 5.62. The first-order chi connectivity index (χ1) is 7.11. The van der Waals surface area contributed by atoms with Gasteiger partial charge in [0.05, 0.1) is 5.41 Å². The topological polar surface area (TPSA) is 37.3 Å². The van der Waals surface area contributed by atoms with Crippen molar-refractivity contribution in [2.24, 2.45) is 23.2 Å². The van der Waals surface area contributed by atoms with Crippen LogP contribution in [0.2, 0.25) is 0 Å². The summed E-state index contributed by atoms with van der Waals surface area (Å²) in [6, 6.07) is 0. The lowest BCUT2D eigenvalue weighted by atomic mass is 9.64. The van der Waals surface area contributed by atoms with E-state index in [1.807, 2.05) is 0 Å². The second kappa shape index (κ2) is 3.80. The highest BCUT2D eigenvalue weighted by Gasteiger charge is 2.57. The minimum Gasteiger partial charge on any atom is -0.481 e. The summed E-state index contributed by atoms with van der Waals surface area (Å²) >= 11 is 0. The van der Waals surface area contributed by atoms with Crippen molar-refractivity contribution in [3.63, 3.8) is 0 Å². The van der Waals surface area contributed by atoms with Crippen molar-refractivity contribution in [1.29, 1.82) is 0 Å². The second-order valence-electron chi connectivity index (χ2n) is 5.62. The summed E-state index contributed by atoms with van der Waals surface area (Å²) in [5, 5.41) is 9.58. The Morgan fingerprint density at radius 2 is 2.27 bits per heavy atom. The molecule has 4 unspecified atom stereocenters. The number of hydrogen-bond acceptors (Lipinski definition) is 1. The zero-order valence-electron chi connectivity index (χ0n) is 9.83. The SMILES string of the molecule is CCCC(C)C1(C(=O)O)CC2CCC1C2. The van der Waals surface area contributed by atoms with Gasteiger partial charge in [-0.05, 0) is 43.4 Å². The maximum Gasteiger partial charge on any atom is 0.310 e. The van der Waals surface area contributed by atoms with Crippen molar-refractivity contribution < 1.29 is 9.90 Å². The van der Waals surface area contributed by atoms with Crippen molar-refractivity contribution in [2.45, 2.75) is 52.4 Å². The van der Waals surface area contributed by atoms with Gasteiger partial charge in [0.2, 0.25) is 0 Å². The van der Waals surface area contributed by atoms with Crippen molar-refractivity contribution in [1.82, 2.24) is 0 Å². The van der Waals surface area contributed by atoms with Gasteiger partial charge < -0.3 is 5.11 Å². The average Bonchev–Trinajstić information content (AvgIpc) is 2.77. The molecule has 0 aromatic rings. The zero-order chi connectivity index (χ0) is 11.1. The lowest BCUT2D eigenvalue weighted by molar-refractivity contribution is -0.157. The van der Waals surface area contributed by atoms with Crippen LogP contribution < -0.4 is 0 Å². The van der Waals surface area contributed by atoms with E-state index >= 15 is 0 Å². The first kappa shape index (κ1) is 11.0. The van der Waals surface area contributed by atoms with E-state index in [2.05, 4.69) is 13.8 Å². The molecule has 15 heavy (non-hydrogen) atoms. The van der Waals surface area contributed by atoms with Gasteiger partial charge in [-0.25, -0.2) is 0 Å². The van der Waals surface area contributed by atoms with Gasteiger partial charge in [-0.15, -0.1) is 0 Å². The Morgan fingerprint density at radius 3 is 2.67 bits per heavy atom.